The number of benzene rings is 2. The third kappa shape index (κ3) is 3.12. The van der Waals surface area contributed by atoms with Crippen molar-refractivity contribution in [3.63, 3.8) is 0 Å². The van der Waals surface area contributed by atoms with E-state index in [1.807, 2.05) is 24.3 Å². The molecule has 0 radical (unpaired) electrons. The van der Waals surface area contributed by atoms with E-state index in [4.69, 9.17) is 0 Å². The van der Waals surface area contributed by atoms with Gasteiger partial charge in [-0.15, -0.1) is 0 Å². The summed E-state index contributed by atoms with van der Waals surface area (Å²) in [6.45, 7) is 0. The summed E-state index contributed by atoms with van der Waals surface area (Å²) in [7, 11) is 0. The smallest absolute Gasteiger partial charge is 0.267 e. The number of hydrazone groups is 1. The van der Waals surface area contributed by atoms with Crippen LogP contribution >= 0.6 is 0 Å². The zero-order valence-electron chi connectivity index (χ0n) is 11.4. The van der Waals surface area contributed by atoms with Crippen molar-refractivity contribution in [2.45, 2.75) is 0 Å². The van der Waals surface area contributed by atoms with Crippen molar-refractivity contribution < 1.29 is 9.18 Å². The van der Waals surface area contributed by atoms with Crippen molar-refractivity contribution in [1.29, 1.82) is 0 Å². The van der Waals surface area contributed by atoms with E-state index in [0.29, 0.717) is 11.3 Å². The van der Waals surface area contributed by atoms with Gasteiger partial charge in [0.2, 0.25) is 0 Å². The minimum atomic E-state index is -0.426. The second kappa shape index (κ2) is 6.09. The first-order valence-electron chi connectivity index (χ1n) is 6.53. The molecule has 0 saturated carbocycles. The van der Waals surface area contributed by atoms with Crippen LogP contribution in [0.5, 0.6) is 0 Å². The first kappa shape index (κ1) is 13.8. The fourth-order valence-electron chi connectivity index (χ4n) is 1.86. The highest BCUT2D eigenvalue weighted by Gasteiger charge is 2.03. The molecule has 0 bridgehead atoms. The average molecular weight is 294 g/mol. The van der Waals surface area contributed by atoms with Gasteiger partial charge in [0.25, 0.3) is 5.91 Å². The van der Waals surface area contributed by atoms with Crippen LogP contribution in [0.4, 0.5) is 4.39 Å². The van der Waals surface area contributed by atoms with Crippen molar-refractivity contribution in [1.82, 2.24) is 15.4 Å². The van der Waals surface area contributed by atoms with Gasteiger partial charge in [-0.25, -0.2) is 14.8 Å². The van der Waals surface area contributed by atoms with Crippen LogP contribution < -0.4 is 5.43 Å². The van der Waals surface area contributed by atoms with Gasteiger partial charge in [-0.05, 0) is 36.4 Å². The molecule has 0 spiro atoms. The second-order valence-electron chi connectivity index (χ2n) is 4.49. The summed E-state index contributed by atoms with van der Waals surface area (Å²) in [5.41, 5.74) is 4.74. The summed E-state index contributed by atoms with van der Waals surface area (Å²) in [6, 6.07) is 12.7. The highest BCUT2D eigenvalue weighted by atomic mass is 19.1. The SMILES string of the molecule is O=C(N/N=C\c1cnc2ccccc2n1)c1ccc(F)cc1. The molecule has 0 fully saturated rings. The fraction of sp³-hybridized carbons (Fsp3) is 0. The van der Waals surface area contributed by atoms with Crippen molar-refractivity contribution >= 4 is 23.2 Å². The lowest BCUT2D eigenvalue weighted by Gasteiger charge is -2.00. The van der Waals surface area contributed by atoms with Gasteiger partial charge in [0.15, 0.2) is 0 Å². The molecule has 1 heterocycles. The number of halogens is 1. The monoisotopic (exact) mass is 294 g/mol. The highest BCUT2D eigenvalue weighted by Crippen LogP contribution is 2.07. The summed E-state index contributed by atoms with van der Waals surface area (Å²) in [5.74, 6) is -0.823. The van der Waals surface area contributed by atoms with E-state index in [-0.39, 0.29) is 0 Å². The molecular formula is C16H11FN4O. The minimum absolute atomic E-state index is 0.322. The molecule has 3 aromatic rings. The molecule has 0 saturated heterocycles. The van der Waals surface area contributed by atoms with Crippen LogP contribution in [0.3, 0.4) is 0 Å². The lowest BCUT2D eigenvalue weighted by molar-refractivity contribution is 0.0955. The average Bonchev–Trinajstić information content (AvgIpc) is 2.55. The first-order chi connectivity index (χ1) is 10.7. The normalized spacial score (nSPS) is 11.0. The van der Waals surface area contributed by atoms with E-state index < -0.39 is 11.7 Å². The summed E-state index contributed by atoms with van der Waals surface area (Å²) in [5, 5.41) is 3.83. The Morgan fingerprint density at radius 3 is 2.59 bits per heavy atom. The van der Waals surface area contributed by atoms with Crippen LogP contribution in [0.2, 0.25) is 0 Å². The number of amides is 1. The molecule has 3 rings (SSSR count). The van der Waals surface area contributed by atoms with Gasteiger partial charge in [0.1, 0.15) is 11.5 Å². The molecular weight excluding hydrogens is 283 g/mol. The third-order valence-electron chi connectivity index (χ3n) is 2.94. The number of carbonyl (C=O) groups excluding carboxylic acids is 1. The lowest BCUT2D eigenvalue weighted by atomic mass is 10.2. The number of para-hydroxylation sites is 2. The Morgan fingerprint density at radius 1 is 1.09 bits per heavy atom. The summed E-state index contributed by atoms with van der Waals surface area (Å²) in [6.07, 6.45) is 2.97. The zero-order valence-corrected chi connectivity index (χ0v) is 11.4. The van der Waals surface area contributed by atoms with Crippen molar-refractivity contribution in [2.24, 2.45) is 5.10 Å². The number of hydrogen-bond donors (Lipinski definition) is 1. The van der Waals surface area contributed by atoms with E-state index in [2.05, 4.69) is 20.5 Å². The Balaban J connectivity index is 1.70. The van der Waals surface area contributed by atoms with Crippen LogP contribution in [0.25, 0.3) is 11.0 Å². The van der Waals surface area contributed by atoms with Gasteiger partial charge >= 0.3 is 0 Å². The maximum Gasteiger partial charge on any atom is 0.271 e. The van der Waals surface area contributed by atoms with E-state index in [1.165, 1.54) is 30.5 Å². The predicted molar refractivity (Wildman–Crippen MR) is 81.0 cm³/mol. The molecule has 0 unspecified atom stereocenters. The lowest BCUT2D eigenvalue weighted by Crippen LogP contribution is -2.17. The van der Waals surface area contributed by atoms with E-state index in [0.717, 1.165) is 11.0 Å². The summed E-state index contributed by atoms with van der Waals surface area (Å²) in [4.78, 5) is 20.4. The van der Waals surface area contributed by atoms with Gasteiger partial charge in [0.05, 0.1) is 23.4 Å². The number of fused-ring (bicyclic) bond motifs is 1. The molecule has 0 aliphatic rings. The Labute approximate surface area is 125 Å². The third-order valence-corrected chi connectivity index (χ3v) is 2.94. The van der Waals surface area contributed by atoms with Gasteiger partial charge in [-0.1, -0.05) is 12.1 Å². The maximum absolute atomic E-state index is 12.8. The minimum Gasteiger partial charge on any atom is -0.267 e. The molecule has 6 heteroatoms. The Morgan fingerprint density at radius 2 is 1.82 bits per heavy atom. The van der Waals surface area contributed by atoms with Gasteiger partial charge in [-0.2, -0.15) is 5.10 Å². The van der Waals surface area contributed by atoms with Gasteiger partial charge in [0, 0.05) is 5.56 Å². The maximum atomic E-state index is 12.8. The number of hydrogen-bond acceptors (Lipinski definition) is 4. The Hall–Kier alpha value is -3.15. The standard InChI is InChI=1S/C16H11FN4O/c17-12-7-5-11(6-8-12)16(22)21-19-10-13-9-18-14-3-1-2-4-15(14)20-13/h1-10H,(H,21,22)/b19-10-. The van der Waals surface area contributed by atoms with E-state index in [1.54, 1.807) is 6.20 Å². The number of nitrogens with one attached hydrogen (secondary N) is 1. The van der Waals surface area contributed by atoms with Crippen LogP contribution in [0, 0.1) is 5.82 Å². The molecule has 1 aromatic heterocycles. The molecule has 1 N–H and O–H groups in total. The molecule has 0 aliphatic carbocycles. The predicted octanol–water partition coefficient (Wildman–Crippen LogP) is 2.53. The van der Waals surface area contributed by atoms with Crippen LogP contribution in [0.15, 0.2) is 59.8 Å². The molecule has 0 aliphatic heterocycles. The van der Waals surface area contributed by atoms with Crippen LogP contribution in [0.1, 0.15) is 16.1 Å². The van der Waals surface area contributed by atoms with Gasteiger partial charge in [-0.3, -0.25) is 9.78 Å². The summed E-state index contributed by atoms with van der Waals surface area (Å²) < 4.78 is 12.8. The van der Waals surface area contributed by atoms with E-state index >= 15 is 0 Å². The molecule has 1 amide bonds. The van der Waals surface area contributed by atoms with Crippen LogP contribution in [-0.4, -0.2) is 22.1 Å². The topological polar surface area (TPSA) is 67.2 Å². The van der Waals surface area contributed by atoms with Crippen molar-refractivity contribution in [3.05, 3.63) is 71.8 Å². The Bertz CT molecular complexity index is 846. The molecule has 108 valence electrons. The first-order valence-corrected chi connectivity index (χ1v) is 6.53. The number of aromatic nitrogens is 2. The second-order valence-corrected chi connectivity index (χ2v) is 4.49. The molecule has 2 aromatic carbocycles. The van der Waals surface area contributed by atoms with Crippen molar-refractivity contribution in [2.75, 3.05) is 0 Å². The Kier molecular flexibility index (Phi) is 3.82. The largest absolute Gasteiger partial charge is 0.271 e. The quantitative estimate of drug-likeness (QED) is 0.596. The number of carbonyl (C=O) groups is 1. The molecule has 5 nitrogen and oxygen atoms in total. The summed E-state index contributed by atoms with van der Waals surface area (Å²) >= 11 is 0. The number of nitrogens with zero attached hydrogens (tertiary/aromatic N) is 3. The molecule has 22 heavy (non-hydrogen) atoms. The number of rotatable bonds is 3. The van der Waals surface area contributed by atoms with E-state index in [9.17, 15) is 9.18 Å². The zero-order chi connectivity index (χ0) is 15.4. The van der Waals surface area contributed by atoms with Gasteiger partial charge < -0.3 is 0 Å². The highest BCUT2D eigenvalue weighted by molar-refractivity contribution is 5.94. The van der Waals surface area contributed by atoms with Crippen molar-refractivity contribution in [3.8, 4) is 0 Å². The fourth-order valence-corrected chi connectivity index (χ4v) is 1.86. The molecule has 0 atom stereocenters. The van der Waals surface area contributed by atoms with Crippen LogP contribution in [-0.2, 0) is 0 Å².